The lowest BCUT2D eigenvalue weighted by Gasteiger charge is -2.08. The van der Waals surface area contributed by atoms with Gasteiger partial charge < -0.3 is 4.98 Å². The molecule has 0 fully saturated rings. The lowest BCUT2D eigenvalue weighted by molar-refractivity contribution is -0.676. The lowest BCUT2D eigenvalue weighted by Crippen LogP contribution is -2.37. The normalized spacial score (nSPS) is 12.0. The fourth-order valence-corrected chi connectivity index (χ4v) is 3.81. The Hall–Kier alpha value is -3.67. The van der Waals surface area contributed by atoms with Crippen molar-refractivity contribution in [2.45, 2.75) is 12.7 Å². The van der Waals surface area contributed by atoms with Gasteiger partial charge in [-0.2, -0.15) is 17.7 Å². The van der Waals surface area contributed by atoms with E-state index in [2.05, 4.69) is 16.0 Å². The first-order chi connectivity index (χ1) is 14.5. The SMILES string of the molecule is FC(F)(F)c1ccc(C[n+]2ccc3c([nH]c4ccccc43)c2-c2ccccn2)cc1. The standard InChI is InChI=1S/C24H16F3N3/c25-24(26,27)17-10-8-16(9-11-17)15-30-14-12-19-18-5-1-2-6-20(18)29-22(19)23(30)21-7-3-4-13-28-21/h1-14H,15H2/p+1. The van der Waals surface area contributed by atoms with Gasteiger partial charge in [0.05, 0.1) is 5.56 Å². The molecule has 0 bridgehead atoms. The summed E-state index contributed by atoms with van der Waals surface area (Å²) in [5, 5.41) is 2.20. The Bertz CT molecular complexity index is 1340. The Kier molecular flexibility index (Phi) is 4.28. The molecule has 0 amide bonds. The summed E-state index contributed by atoms with van der Waals surface area (Å²) < 4.78 is 40.7. The highest BCUT2D eigenvalue weighted by Crippen LogP contribution is 2.31. The van der Waals surface area contributed by atoms with Crippen molar-refractivity contribution in [1.82, 2.24) is 9.97 Å². The number of benzene rings is 2. The maximum Gasteiger partial charge on any atom is 0.416 e. The number of H-pyrrole nitrogens is 1. The number of nitrogens with one attached hydrogen (secondary N) is 1. The van der Waals surface area contributed by atoms with Gasteiger partial charge in [0.15, 0.2) is 12.7 Å². The van der Waals surface area contributed by atoms with Crippen molar-refractivity contribution in [3.8, 4) is 11.4 Å². The molecule has 0 unspecified atom stereocenters. The number of hydrogen-bond acceptors (Lipinski definition) is 1. The van der Waals surface area contributed by atoms with Crippen LogP contribution in [-0.2, 0) is 12.7 Å². The van der Waals surface area contributed by atoms with Crippen molar-refractivity contribution in [2.75, 3.05) is 0 Å². The van der Waals surface area contributed by atoms with Crippen molar-refractivity contribution < 1.29 is 17.7 Å². The summed E-state index contributed by atoms with van der Waals surface area (Å²) in [7, 11) is 0. The molecular weight excluding hydrogens is 387 g/mol. The Morgan fingerprint density at radius 3 is 2.33 bits per heavy atom. The largest absolute Gasteiger partial charge is 0.416 e. The Morgan fingerprint density at radius 2 is 1.60 bits per heavy atom. The highest BCUT2D eigenvalue weighted by Gasteiger charge is 2.30. The van der Waals surface area contributed by atoms with Crippen molar-refractivity contribution in [1.29, 1.82) is 0 Å². The van der Waals surface area contributed by atoms with E-state index in [9.17, 15) is 13.2 Å². The van der Waals surface area contributed by atoms with Gasteiger partial charge in [0.1, 0.15) is 11.2 Å². The van der Waals surface area contributed by atoms with Crippen LogP contribution in [0.25, 0.3) is 33.2 Å². The second-order valence-electron chi connectivity index (χ2n) is 7.16. The first-order valence-corrected chi connectivity index (χ1v) is 9.51. The fourth-order valence-electron chi connectivity index (χ4n) is 3.81. The van der Waals surface area contributed by atoms with Gasteiger partial charge in [0, 0.05) is 34.1 Å². The summed E-state index contributed by atoms with van der Waals surface area (Å²) in [5.74, 6) is 0. The highest BCUT2D eigenvalue weighted by molar-refractivity contribution is 6.10. The summed E-state index contributed by atoms with van der Waals surface area (Å²) in [6, 6.07) is 21.1. The molecule has 5 rings (SSSR count). The Morgan fingerprint density at radius 1 is 0.833 bits per heavy atom. The van der Waals surface area contributed by atoms with Gasteiger partial charge in [-0.3, -0.25) is 0 Å². The van der Waals surface area contributed by atoms with Crippen LogP contribution >= 0.6 is 0 Å². The van der Waals surface area contributed by atoms with Crippen LogP contribution in [-0.4, -0.2) is 9.97 Å². The van der Waals surface area contributed by atoms with Crippen LogP contribution < -0.4 is 4.57 Å². The maximum absolute atomic E-state index is 12.9. The number of aromatic nitrogens is 3. The molecule has 30 heavy (non-hydrogen) atoms. The predicted molar refractivity (Wildman–Crippen MR) is 110 cm³/mol. The fraction of sp³-hybridized carbons (Fsp3) is 0.0833. The number of pyridine rings is 2. The van der Waals surface area contributed by atoms with E-state index in [0.717, 1.165) is 50.9 Å². The first kappa shape index (κ1) is 18.4. The van der Waals surface area contributed by atoms with Gasteiger partial charge in [0.2, 0.25) is 0 Å². The minimum atomic E-state index is -4.34. The van der Waals surface area contributed by atoms with E-state index in [1.165, 1.54) is 12.1 Å². The molecule has 0 saturated heterocycles. The monoisotopic (exact) mass is 404 g/mol. The van der Waals surface area contributed by atoms with Crippen molar-refractivity contribution in [2.24, 2.45) is 0 Å². The van der Waals surface area contributed by atoms with Crippen LogP contribution in [0.2, 0.25) is 0 Å². The van der Waals surface area contributed by atoms with Crippen LogP contribution in [0, 0.1) is 0 Å². The molecular formula is C24H17F3N3+. The second-order valence-corrected chi connectivity index (χ2v) is 7.16. The molecule has 0 radical (unpaired) electrons. The van der Waals surface area contributed by atoms with Crippen molar-refractivity contribution in [3.05, 3.63) is 96.3 Å². The average molecular weight is 404 g/mol. The molecule has 0 aliphatic heterocycles. The van der Waals surface area contributed by atoms with E-state index in [1.54, 1.807) is 6.20 Å². The lowest BCUT2D eigenvalue weighted by atomic mass is 10.1. The van der Waals surface area contributed by atoms with Crippen LogP contribution in [0.1, 0.15) is 11.1 Å². The third-order valence-electron chi connectivity index (χ3n) is 5.23. The van der Waals surface area contributed by atoms with E-state index in [0.29, 0.717) is 6.54 Å². The van der Waals surface area contributed by atoms with Gasteiger partial charge in [-0.25, -0.2) is 4.98 Å². The van der Waals surface area contributed by atoms with Crippen LogP contribution in [0.15, 0.2) is 85.2 Å². The van der Waals surface area contributed by atoms with Crippen molar-refractivity contribution >= 4 is 21.8 Å². The molecule has 3 aromatic heterocycles. The van der Waals surface area contributed by atoms with Gasteiger partial charge in [-0.05, 0) is 30.3 Å². The smallest absolute Gasteiger partial charge is 0.349 e. The first-order valence-electron chi connectivity index (χ1n) is 9.51. The van der Waals surface area contributed by atoms with Gasteiger partial charge in [-0.15, -0.1) is 0 Å². The second kappa shape index (κ2) is 6.99. The number of para-hydroxylation sites is 1. The zero-order chi connectivity index (χ0) is 20.7. The molecule has 0 aliphatic rings. The minimum Gasteiger partial charge on any atom is -0.349 e. The quantitative estimate of drug-likeness (QED) is 0.382. The number of nitrogens with zero attached hydrogens (tertiary/aromatic N) is 2. The molecule has 2 aromatic carbocycles. The summed E-state index contributed by atoms with van der Waals surface area (Å²) in [6.45, 7) is 0.426. The summed E-state index contributed by atoms with van der Waals surface area (Å²) in [5.41, 5.74) is 3.79. The van der Waals surface area contributed by atoms with Gasteiger partial charge >= 0.3 is 6.18 Å². The molecule has 0 atom stereocenters. The Labute approximate surface area is 170 Å². The zero-order valence-corrected chi connectivity index (χ0v) is 15.8. The molecule has 1 N–H and O–H groups in total. The van der Waals surface area contributed by atoms with Crippen LogP contribution in [0.5, 0.6) is 0 Å². The maximum atomic E-state index is 12.9. The highest BCUT2D eigenvalue weighted by atomic mass is 19.4. The van der Waals surface area contributed by atoms with Crippen molar-refractivity contribution in [3.63, 3.8) is 0 Å². The molecule has 5 aromatic rings. The number of rotatable bonds is 3. The number of aromatic amines is 1. The van der Waals surface area contributed by atoms with E-state index in [1.807, 2.05) is 53.2 Å². The number of fused-ring (bicyclic) bond motifs is 3. The van der Waals surface area contributed by atoms with Gasteiger partial charge in [0.25, 0.3) is 5.69 Å². The summed E-state index contributed by atoms with van der Waals surface area (Å²) in [4.78, 5) is 8.02. The molecule has 6 heteroatoms. The van der Waals surface area contributed by atoms with E-state index in [4.69, 9.17) is 0 Å². The zero-order valence-electron chi connectivity index (χ0n) is 15.8. The van der Waals surface area contributed by atoms with Gasteiger partial charge in [-0.1, -0.05) is 36.4 Å². The minimum absolute atomic E-state index is 0.426. The third-order valence-corrected chi connectivity index (χ3v) is 5.23. The number of hydrogen-bond donors (Lipinski definition) is 1. The third kappa shape index (κ3) is 3.20. The summed E-state index contributed by atoms with van der Waals surface area (Å²) >= 11 is 0. The topological polar surface area (TPSA) is 32.6 Å². The predicted octanol–water partition coefficient (Wildman–Crippen LogP) is 5.74. The number of alkyl halides is 3. The molecule has 0 aliphatic carbocycles. The molecule has 148 valence electrons. The molecule has 3 nitrogen and oxygen atoms in total. The van der Waals surface area contributed by atoms with Crippen LogP contribution in [0.3, 0.4) is 0 Å². The Balaban J connectivity index is 1.67. The molecule has 0 spiro atoms. The van der Waals surface area contributed by atoms with E-state index < -0.39 is 11.7 Å². The summed E-state index contributed by atoms with van der Waals surface area (Å²) in [6.07, 6.45) is -0.641. The number of halogens is 3. The van der Waals surface area contributed by atoms with E-state index >= 15 is 0 Å². The molecule has 0 saturated carbocycles. The molecule has 3 heterocycles. The van der Waals surface area contributed by atoms with Crippen LogP contribution in [0.4, 0.5) is 13.2 Å². The van der Waals surface area contributed by atoms with E-state index in [-0.39, 0.29) is 0 Å². The average Bonchev–Trinajstić information content (AvgIpc) is 3.12.